The lowest BCUT2D eigenvalue weighted by atomic mass is 9.71. The smallest absolute Gasteiger partial charge is 0.302 e. The average molecular weight is 469 g/mol. The van der Waals surface area contributed by atoms with Crippen molar-refractivity contribution in [3.8, 4) is 11.5 Å². The van der Waals surface area contributed by atoms with Crippen molar-refractivity contribution >= 4 is 5.97 Å². The number of rotatable bonds is 9. The van der Waals surface area contributed by atoms with Crippen molar-refractivity contribution in [2.75, 3.05) is 19.8 Å². The summed E-state index contributed by atoms with van der Waals surface area (Å²) in [5, 5.41) is 22.4. The van der Waals surface area contributed by atoms with E-state index >= 15 is 0 Å². The molecule has 5 heteroatoms. The third-order valence-corrected chi connectivity index (χ3v) is 7.31. The van der Waals surface area contributed by atoms with Gasteiger partial charge in [0, 0.05) is 37.0 Å². The third kappa shape index (κ3) is 6.12. The van der Waals surface area contributed by atoms with Gasteiger partial charge < -0.3 is 19.7 Å². The topological polar surface area (TPSA) is 76.0 Å². The van der Waals surface area contributed by atoms with Crippen LogP contribution >= 0.6 is 0 Å². The van der Waals surface area contributed by atoms with Crippen molar-refractivity contribution in [2.24, 2.45) is 5.92 Å². The molecule has 1 aromatic carbocycles. The second kappa shape index (κ2) is 11.7. The summed E-state index contributed by atoms with van der Waals surface area (Å²) >= 11 is 0. The van der Waals surface area contributed by atoms with Crippen LogP contribution in [0.1, 0.15) is 82.8 Å². The zero-order chi connectivity index (χ0) is 24.7. The number of aromatic hydroxyl groups is 2. The lowest BCUT2D eigenvalue weighted by Gasteiger charge is -2.36. The first kappa shape index (κ1) is 26.1. The largest absolute Gasteiger partial charge is 0.507 e. The number of allylic oxidation sites excluding steroid dienone is 4. The van der Waals surface area contributed by atoms with Crippen LogP contribution in [0.2, 0.25) is 0 Å². The van der Waals surface area contributed by atoms with Crippen molar-refractivity contribution in [1.82, 2.24) is 0 Å². The van der Waals surface area contributed by atoms with Crippen molar-refractivity contribution in [3.63, 3.8) is 0 Å². The summed E-state index contributed by atoms with van der Waals surface area (Å²) < 4.78 is 10.8. The Morgan fingerprint density at radius 3 is 2.50 bits per heavy atom. The molecule has 1 saturated heterocycles. The molecule has 0 aromatic heterocycles. The van der Waals surface area contributed by atoms with Crippen molar-refractivity contribution in [1.29, 1.82) is 0 Å². The second-order valence-corrected chi connectivity index (χ2v) is 9.86. The Balaban J connectivity index is 1.99. The quantitative estimate of drug-likeness (QED) is 0.247. The molecule has 0 amide bonds. The van der Waals surface area contributed by atoms with E-state index in [2.05, 4.69) is 25.7 Å². The number of ether oxygens (including phenoxy) is 2. The normalized spacial score (nSPS) is 22.4. The first-order chi connectivity index (χ1) is 16.3. The molecule has 186 valence electrons. The van der Waals surface area contributed by atoms with Crippen LogP contribution in [-0.2, 0) is 19.7 Å². The minimum atomic E-state index is -0.316. The molecule has 0 radical (unpaired) electrons. The molecule has 34 heavy (non-hydrogen) atoms. The van der Waals surface area contributed by atoms with Crippen LogP contribution in [0.15, 0.2) is 48.1 Å². The monoisotopic (exact) mass is 468 g/mol. The number of hydrogen-bond acceptors (Lipinski definition) is 5. The summed E-state index contributed by atoms with van der Waals surface area (Å²) in [6, 6.07) is 3.66. The number of phenolic OH excluding ortho intramolecular Hbond substituents is 2. The molecule has 2 aliphatic rings. The Morgan fingerprint density at radius 2 is 1.91 bits per heavy atom. The zero-order valence-corrected chi connectivity index (χ0v) is 20.9. The van der Waals surface area contributed by atoms with Gasteiger partial charge in [-0.25, -0.2) is 0 Å². The van der Waals surface area contributed by atoms with Crippen molar-refractivity contribution in [3.05, 3.63) is 59.2 Å². The number of carbonyl (C=O) groups excluding carboxylic acids is 1. The van der Waals surface area contributed by atoms with Crippen LogP contribution in [0.3, 0.4) is 0 Å². The predicted octanol–water partition coefficient (Wildman–Crippen LogP) is 6.45. The number of hydrogen-bond donors (Lipinski definition) is 2. The summed E-state index contributed by atoms with van der Waals surface area (Å²) in [5.41, 5.74) is 3.20. The van der Waals surface area contributed by atoms with Crippen LogP contribution in [0.25, 0.3) is 0 Å². The first-order valence-corrected chi connectivity index (χ1v) is 12.6. The van der Waals surface area contributed by atoms with E-state index in [9.17, 15) is 15.0 Å². The van der Waals surface area contributed by atoms with E-state index < -0.39 is 0 Å². The molecule has 0 bridgehead atoms. The SMILES string of the molecule is C=C(C)C1CCC(COC(C)=O)=C[C@@H]1c1c(O)cc(C2(/C=C\CCCC)CCOCC2)cc1O. The molecule has 0 saturated carbocycles. The van der Waals surface area contributed by atoms with Gasteiger partial charge in [-0.1, -0.05) is 50.1 Å². The minimum Gasteiger partial charge on any atom is -0.507 e. The molecule has 1 aromatic rings. The lowest BCUT2D eigenvalue weighted by Crippen LogP contribution is -2.32. The average Bonchev–Trinajstić information content (AvgIpc) is 2.80. The molecule has 2 atom stereocenters. The molecule has 1 aliphatic heterocycles. The first-order valence-electron chi connectivity index (χ1n) is 12.6. The van der Waals surface area contributed by atoms with Crippen LogP contribution in [-0.4, -0.2) is 36.0 Å². The van der Waals surface area contributed by atoms with Crippen LogP contribution in [0, 0.1) is 5.92 Å². The van der Waals surface area contributed by atoms with Gasteiger partial charge in [0.1, 0.15) is 18.1 Å². The van der Waals surface area contributed by atoms with Crippen LogP contribution < -0.4 is 0 Å². The standard InChI is InChI=1S/C29H40O5/c1-5-6-7-8-11-29(12-14-33-15-13-29)23-17-26(31)28(27(32)18-23)25-16-22(19-34-21(4)30)9-10-24(25)20(2)3/h8,11,16-18,24-25,31-32H,2,5-7,9-10,12-15,19H2,1,3-4H3/b11-8-/t24?,25-/m0/s1. The number of carbonyl (C=O) groups is 1. The lowest BCUT2D eigenvalue weighted by molar-refractivity contribution is -0.140. The molecular weight excluding hydrogens is 428 g/mol. The summed E-state index contributed by atoms with van der Waals surface area (Å²) in [5.74, 6) is -0.248. The van der Waals surface area contributed by atoms with Crippen LogP contribution in [0.4, 0.5) is 0 Å². The van der Waals surface area contributed by atoms with Gasteiger partial charge in [0.05, 0.1) is 0 Å². The van der Waals surface area contributed by atoms with Gasteiger partial charge in [-0.3, -0.25) is 4.79 Å². The highest BCUT2D eigenvalue weighted by Gasteiger charge is 2.36. The fraction of sp³-hybridized carbons (Fsp3) is 0.552. The third-order valence-electron chi connectivity index (χ3n) is 7.31. The Kier molecular flexibility index (Phi) is 9.01. The van der Waals surface area contributed by atoms with Crippen LogP contribution in [0.5, 0.6) is 11.5 Å². The number of benzene rings is 1. The molecule has 1 unspecified atom stereocenters. The number of unbranched alkanes of at least 4 members (excludes halogenated alkanes) is 2. The molecular formula is C29H40O5. The van der Waals surface area contributed by atoms with E-state index in [0.29, 0.717) is 18.8 Å². The van der Waals surface area contributed by atoms with Gasteiger partial charge in [0.25, 0.3) is 0 Å². The molecule has 5 nitrogen and oxygen atoms in total. The highest BCUT2D eigenvalue weighted by molar-refractivity contribution is 5.66. The maximum atomic E-state index is 11.3. The summed E-state index contributed by atoms with van der Waals surface area (Å²) in [7, 11) is 0. The molecule has 0 spiro atoms. The van der Waals surface area contributed by atoms with E-state index in [1.807, 2.05) is 25.1 Å². The van der Waals surface area contributed by atoms with Gasteiger partial charge in [-0.15, -0.1) is 0 Å². The van der Waals surface area contributed by atoms with E-state index in [-0.39, 0.29) is 41.3 Å². The highest BCUT2D eigenvalue weighted by Crippen LogP contribution is 2.49. The Morgan fingerprint density at radius 1 is 1.24 bits per heavy atom. The fourth-order valence-electron chi connectivity index (χ4n) is 5.30. The maximum absolute atomic E-state index is 11.3. The Hall–Kier alpha value is -2.53. The van der Waals surface area contributed by atoms with Gasteiger partial charge >= 0.3 is 5.97 Å². The summed E-state index contributed by atoms with van der Waals surface area (Å²) in [4.78, 5) is 11.3. The Bertz CT molecular complexity index is 913. The van der Waals surface area contributed by atoms with Crippen molar-refractivity contribution < 1.29 is 24.5 Å². The fourth-order valence-corrected chi connectivity index (χ4v) is 5.30. The van der Waals surface area contributed by atoms with E-state index in [0.717, 1.165) is 61.7 Å². The minimum absolute atomic E-state index is 0.0923. The van der Waals surface area contributed by atoms with Gasteiger partial charge in [0.2, 0.25) is 0 Å². The van der Waals surface area contributed by atoms with Gasteiger partial charge in [-0.2, -0.15) is 0 Å². The maximum Gasteiger partial charge on any atom is 0.302 e. The zero-order valence-electron chi connectivity index (χ0n) is 20.9. The summed E-state index contributed by atoms with van der Waals surface area (Å²) in [6.45, 7) is 11.3. The van der Waals surface area contributed by atoms with Gasteiger partial charge in [-0.05, 0) is 68.2 Å². The molecule has 2 N–H and O–H groups in total. The van der Waals surface area contributed by atoms with E-state index in [1.54, 1.807) is 0 Å². The highest BCUT2D eigenvalue weighted by atomic mass is 16.5. The summed E-state index contributed by atoms with van der Waals surface area (Å²) in [6.07, 6.45) is 13.1. The number of esters is 1. The van der Waals surface area contributed by atoms with E-state index in [1.165, 1.54) is 6.92 Å². The second-order valence-electron chi connectivity index (χ2n) is 9.86. The molecule has 1 heterocycles. The molecule has 3 rings (SSSR count). The van der Waals surface area contributed by atoms with Gasteiger partial charge in [0.15, 0.2) is 0 Å². The Labute approximate surface area is 204 Å². The molecule has 1 aliphatic carbocycles. The van der Waals surface area contributed by atoms with Crippen molar-refractivity contribution in [2.45, 2.75) is 77.0 Å². The molecule has 1 fully saturated rings. The number of phenols is 2. The van der Waals surface area contributed by atoms with E-state index in [4.69, 9.17) is 9.47 Å². The predicted molar refractivity (Wildman–Crippen MR) is 135 cm³/mol.